The van der Waals surface area contributed by atoms with Crippen LogP contribution in [0, 0.1) is 0 Å². The SMILES string of the molecule is CCOC(=O)c1cc(N)ccc1CC. The monoisotopic (exact) mass is 193 g/mol. The first kappa shape index (κ1) is 10.6. The predicted molar refractivity (Wildman–Crippen MR) is 56.2 cm³/mol. The van der Waals surface area contributed by atoms with Crippen LogP contribution in [-0.2, 0) is 11.2 Å². The summed E-state index contributed by atoms with van der Waals surface area (Å²) in [4.78, 5) is 11.5. The molecule has 0 amide bonds. The Labute approximate surface area is 83.9 Å². The molecule has 14 heavy (non-hydrogen) atoms. The van der Waals surface area contributed by atoms with Gasteiger partial charge in [0.2, 0.25) is 0 Å². The van der Waals surface area contributed by atoms with Crippen LogP contribution in [0.25, 0.3) is 0 Å². The highest BCUT2D eigenvalue weighted by Gasteiger charge is 2.11. The first-order valence-corrected chi connectivity index (χ1v) is 4.74. The van der Waals surface area contributed by atoms with E-state index in [0.717, 1.165) is 12.0 Å². The maximum absolute atomic E-state index is 11.5. The average Bonchev–Trinajstić information content (AvgIpc) is 2.18. The number of nitrogen functional groups attached to an aromatic ring is 1. The predicted octanol–water partition coefficient (Wildman–Crippen LogP) is 2.01. The number of nitrogens with two attached hydrogens (primary N) is 1. The fourth-order valence-electron chi connectivity index (χ4n) is 1.30. The Kier molecular flexibility index (Phi) is 3.51. The van der Waals surface area contributed by atoms with Gasteiger partial charge in [-0.3, -0.25) is 0 Å². The number of ether oxygens (including phenoxy) is 1. The Morgan fingerprint density at radius 1 is 1.43 bits per heavy atom. The maximum Gasteiger partial charge on any atom is 0.338 e. The molecular weight excluding hydrogens is 178 g/mol. The Balaban J connectivity index is 3.03. The highest BCUT2D eigenvalue weighted by Crippen LogP contribution is 2.15. The molecule has 3 nitrogen and oxygen atoms in total. The first-order chi connectivity index (χ1) is 6.69. The summed E-state index contributed by atoms with van der Waals surface area (Å²) in [5.41, 5.74) is 7.74. The number of esters is 1. The number of carbonyl (C=O) groups is 1. The van der Waals surface area contributed by atoms with Crippen molar-refractivity contribution < 1.29 is 9.53 Å². The summed E-state index contributed by atoms with van der Waals surface area (Å²) in [6.07, 6.45) is 0.800. The second-order valence-corrected chi connectivity index (χ2v) is 2.99. The third-order valence-corrected chi connectivity index (χ3v) is 2.01. The second-order valence-electron chi connectivity index (χ2n) is 2.99. The van der Waals surface area contributed by atoms with Gasteiger partial charge in [-0.2, -0.15) is 0 Å². The van der Waals surface area contributed by atoms with E-state index < -0.39 is 0 Å². The molecule has 1 rings (SSSR count). The Morgan fingerprint density at radius 2 is 2.14 bits per heavy atom. The van der Waals surface area contributed by atoms with E-state index in [1.807, 2.05) is 13.0 Å². The molecule has 1 aromatic rings. The summed E-state index contributed by atoms with van der Waals surface area (Å²) in [6.45, 7) is 4.17. The molecule has 0 bridgehead atoms. The van der Waals surface area contributed by atoms with Gasteiger partial charge in [0.1, 0.15) is 0 Å². The van der Waals surface area contributed by atoms with Crippen molar-refractivity contribution in [3.63, 3.8) is 0 Å². The van der Waals surface area contributed by atoms with Crippen LogP contribution in [0.15, 0.2) is 18.2 Å². The normalized spacial score (nSPS) is 9.86. The molecule has 0 aliphatic rings. The number of benzene rings is 1. The van der Waals surface area contributed by atoms with Gasteiger partial charge in [0.25, 0.3) is 0 Å². The Hall–Kier alpha value is -1.51. The molecule has 0 heterocycles. The van der Waals surface area contributed by atoms with E-state index >= 15 is 0 Å². The molecule has 0 saturated heterocycles. The van der Waals surface area contributed by atoms with Crippen LogP contribution in [0.2, 0.25) is 0 Å². The van der Waals surface area contributed by atoms with E-state index in [0.29, 0.717) is 17.9 Å². The highest BCUT2D eigenvalue weighted by molar-refractivity contribution is 5.92. The summed E-state index contributed by atoms with van der Waals surface area (Å²) in [6, 6.07) is 5.32. The van der Waals surface area contributed by atoms with E-state index in [2.05, 4.69) is 0 Å². The molecule has 0 aromatic heterocycles. The Bertz CT molecular complexity index is 334. The molecule has 0 spiro atoms. The van der Waals surface area contributed by atoms with Crippen molar-refractivity contribution in [2.24, 2.45) is 0 Å². The third-order valence-electron chi connectivity index (χ3n) is 2.01. The minimum absolute atomic E-state index is 0.295. The summed E-state index contributed by atoms with van der Waals surface area (Å²) < 4.78 is 4.93. The summed E-state index contributed by atoms with van der Waals surface area (Å²) >= 11 is 0. The van der Waals surface area contributed by atoms with Crippen molar-refractivity contribution in [1.29, 1.82) is 0 Å². The van der Waals surface area contributed by atoms with Gasteiger partial charge < -0.3 is 10.5 Å². The lowest BCUT2D eigenvalue weighted by Gasteiger charge is -2.07. The number of anilines is 1. The second kappa shape index (κ2) is 4.65. The lowest BCUT2D eigenvalue weighted by Crippen LogP contribution is -2.08. The molecule has 0 aliphatic heterocycles. The molecule has 0 saturated carbocycles. The van der Waals surface area contributed by atoms with Crippen LogP contribution in [-0.4, -0.2) is 12.6 Å². The van der Waals surface area contributed by atoms with Crippen molar-refractivity contribution in [2.45, 2.75) is 20.3 Å². The maximum atomic E-state index is 11.5. The van der Waals surface area contributed by atoms with Gasteiger partial charge in [0, 0.05) is 5.69 Å². The number of carbonyl (C=O) groups excluding carboxylic acids is 1. The van der Waals surface area contributed by atoms with E-state index in [9.17, 15) is 4.79 Å². The van der Waals surface area contributed by atoms with Crippen molar-refractivity contribution >= 4 is 11.7 Å². The van der Waals surface area contributed by atoms with Crippen molar-refractivity contribution in [2.75, 3.05) is 12.3 Å². The van der Waals surface area contributed by atoms with E-state index in [4.69, 9.17) is 10.5 Å². The van der Waals surface area contributed by atoms with Gasteiger partial charge in [-0.25, -0.2) is 4.79 Å². The summed E-state index contributed by atoms with van der Waals surface area (Å²) in [5.74, 6) is -0.295. The third kappa shape index (κ3) is 2.25. The fraction of sp³-hybridized carbons (Fsp3) is 0.364. The molecule has 2 N–H and O–H groups in total. The molecule has 0 radical (unpaired) electrons. The zero-order valence-corrected chi connectivity index (χ0v) is 8.54. The summed E-state index contributed by atoms with van der Waals surface area (Å²) in [7, 11) is 0. The number of rotatable bonds is 3. The van der Waals surface area contributed by atoms with E-state index in [1.165, 1.54) is 0 Å². The van der Waals surface area contributed by atoms with Gasteiger partial charge in [0.15, 0.2) is 0 Å². The first-order valence-electron chi connectivity index (χ1n) is 4.74. The zero-order chi connectivity index (χ0) is 10.6. The van der Waals surface area contributed by atoms with Gasteiger partial charge >= 0.3 is 5.97 Å². The van der Waals surface area contributed by atoms with Crippen LogP contribution >= 0.6 is 0 Å². The topological polar surface area (TPSA) is 52.3 Å². The lowest BCUT2D eigenvalue weighted by molar-refractivity contribution is 0.0525. The van der Waals surface area contributed by atoms with Gasteiger partial charge in [-0.05, 0) is 31.0 Å². The molecule has 0 atom stereocenters. The molecular formula is C11H15NO2. The lowest BCUT2D eigenvalue weighted by atomic mass is 10.0. The quantitative estimate of drug-likeness (QED) is 0.590. The average molecular weight is 193 g/mol. The van der Waals surface area contributed by atoms with E-state index in [-0.39, 0.29) is 5.97 Å². The molecule has 0 aliphatic carbocycles. The van der Waals surface area contributed by atoms with Gasteiger partial charge in [0.05, 0.1) is 12.2 Å². The molecule has 1 aromatic carbocycles. The van der Waals surface area contributed by atoms with Crippen LogP contribution < -0.4 is 5.73 Å². The standard InChI is InChI=1S/C11H15NO2/c1-3-8-5-6-9(12)7-10(8)11(13)14-4-2/h5-7H,3-4,12H2,1-2H3. The van der Waals surface area contributed by atoms with Crippen molar-refractivity contribution in [3.05, 3.63) is 29.3 Å². The fourth-order valence-corrected chi connectivity index (χ4v) is 1.30. The van der Waals surface area contributed by atoms with Gasteiger partial charge in [-0.15, -0.1) is 0 Å². The molecule has 0 fully saturated rings. The number of hydrogen-bond acceptors (Lipinski definition) is 3. The zero-order valence-electron chi connectivity index (χ0n) is 8.54. The van der Waals surface area contributed by atoms with Gasteiger partial charge in [-0.1, -0.05) is 13.0 Å². The molecule has 0 unspecified atom stereocenters. The van der Waals surface area contributed by atoms with Crippen molar-refractivity contribution in [1.82, 2.24) is 0 Å². The van der Waals surface area contributed by atoms with Crippen LogP contribution in [0.1, 0.15) is 29.8 Å². The minimum Gasteiger partial charge on any atom is -0.462 e. The van der Waals surface area contributed by atoms with Crippen LogP contribution in [0.3, 0.4) is 0 Å². The number of aryl methyl sites for hydroxylation is 1. The number of hydrogen-bond donors (Lipinski definition) is 1. The van der Waals surface area contributed by atoms with E-state index in [1.54, 1.807) is 19.1 Å². The van der Waals surface area contributed by atoms with Crippen molar-refractivity contribution in [3.8, 4) is 0 Å². The largest absolute Gasteiger partial charge is 0.462 e. The highest BCUT2D eigenvalue weighted by atomic mass is 16.5. The minimum atomic E-state index is -0.295. The Morgan fingerprint density at radius 3 is 2.71 bits per heavy atom. The summed E-state index contributed by atoms with van der Waals surface area (Å²) in [5, 5.41) is 0. The molecule has 3 heteroatoms. The van der Waals surface area contributed by atoms with Crippen LogP contribution in [0.5, 0.6) is 0 Å². The van der Waals surface area contributed by atoms with Crippen LogP contribution in [0.4, 0.5) is 5.69 Å². The molecule has 76 valence electrons. The smallest absolute Gasteiger partial charge is 0.338 e.